The van der Waals surface area contributed by atoms with Gasteiger partial charge < -0.3 is 0 Å². The van der Waals surface area contributed by atoms with Crippen molar-refractivity contribution in [1.82, 2.24) is 0 Å². The molecule has 0 radical (unpaired) electrons. The Labute approximate surface area is 90.1 Å². The minimum absolute atomic E-state index is 0.247. The first-order valence-corrected chi connectivity index (χ1v) is 4.75. The normalized spacial score (nSPS) is 15.3. The van der Waals surface area contributed by atoms with Gasteiger partial charge in [0.15, 0.2) is 0 Å². The molecule has 0 aliphatic carbocycles. The van der Waals surface area contributed by atoms with Crippen molar-refractivity contribution in [1.29, 1.82) is 0 Å². The van der Waals surface area contributed by atoms with Crippen molar-refractivity contribution in [3.05, 3.63) is 0 Å². The summed E-state index contributed by atoms with van der Waals surface area (Å²) in [5.74, 6) is 0. The average molecular weight is 252 g/mol. The first-order chi connectivity index (χ1) is 5.45. The van der Waals surface area contributed by atoms with Gasteiger partial charge in [-0.1, -0.05) is 0 Å². The van der Waals surface area contributed by atoms with Crippen LogP contribution in [0.1, 0.15) is 12.8 Å². The van der Waals surface area contributed by atoms with Gasteiger partial charge in [-0.2, -0.15) is 0 Å². The Kier molecular flexibility index (Phi) is 6.28. The molecule has 0 bridgehead atoms. The van der Waals surface area contributed by atoms with Crippen molar-refractivity contribution in [2.75, 3.05) is 0 Å². The summed E-state index contributed by atoms with van der Waals surface area (Å²) in [5.41, 5.74) is 0. The number of halogens is 4. The van der Waals surface area contributed by atoms with E-state index in [9.17, 15) is 9.59 Å². The van der Waals surface area contributed by atoms with Crippen molar-refractivity contribution in [3.63, 3.8) is 0 Å². The van der Waals surface area contributed by atoms with Crippen LogP contribution in [-0.4, -0.2) is 21.2 Å². The van der Waals surface area contributed by atoms with Crippen molar-refractivity contribution in [2.24, 2.45) is 0 Å². The number of hydrogen-bond donors (Lipinski definition) is 0. The highest BCUT2D eigenvalue weighted by molar-refractivity contribution is 6.69. The minimum Gasteiger partial charge on any atom is -0.280 e. The SMILES string of the molecule is O=C(Cl)[C@H](Cl)CC[C@@H](Cl)C(=O)Cl. The first kappa shape index (κ1) is 12.5. The Hall–Kier alpha value is 0.500. The predicted octanol–water partition coefficient (Wildman–Crippen LogP) is 2.51. The molecule has 0 amide bonds. The Morgan fingerprint density at radius 1 is 0.917 bits per heavy atom. The van der Waals surface area contributed by atoms with E-state index in [1.807, 2.05) is 0 Å². The van der Waals surface area contributed by atoms with Crippen LogP contribution in [0.3, 0.4) is 0 Å². The van der Waals surface area contributed by atoms with Crippen molar-refractivity contribution in [2.45, 2.75) is 23.6 Å². The van der Waals surface area contributed by atoms with Crippen molar-refractivity contribution >= 4 is 56.9 Å². The Bertz CT molecular complexity index is 162. The zero-order valence-corrected chi connectivity index (χ0v) is 8.92. The lowest BCUT2D eigenvalue weighted by atomic mass is 10.2. The van der Waals surface area contributed by atoms with Crippen LogP contribution in [0.25, 0.3) is 0 Å². The zero-order valence-electron chi connectivity index (χ0n) is 5.90. The minimum atomic E-state index is -0.802. The molecule has 6 heteroatoms. The average Bonchev–Trinajstić information content (AvgIpc) is 1.98. The molecule has 0 aliphatic heterocycles. The molecule has 0 aromatic rings. The molecule has 0 saturated carbocycles. The summed E-state index contributed by atoms with van der Waals surface area (Å²) >= 11 is 21.1. The topological polar surface area (TPSA) is 34.1 Å². The second-order valence-electron chi connectivity index (χ2n) is 2.12. The third kappa shape index (κ3) is 5.20. The smallest absolute Gasteiger partial charge is 0.239 e. The van der Waals surface area contributed by atoms with Crippen LogP contribution in [-0.2, 0) is 9.59 Å². The van der Waals surface area contributed by atoms with Gasteiger partial charge in [0.2, 0.25) is 10.5 Å². The standard InChI is InChI=1S/C6H6Cl4O2/c7-3(5(9)11)1-2-4(8)6(10)12/h3-4H,1-2H2/t3-,4-/m1/s1. The summed E-state index contributed by atoms with van der Waals surface area (Å²) in [6, 6.07) is 0. The van der Waals surface area contributed by atoms with Crippen LogP contribution >= 0.6 is 46.4 Å². The van der Waals surface area contributed by atoms with E-state index in [2.05, 4.69) is 0 Å². The molecule has 0 rings (SSSR count). The fourth-order valence-electron chi connectivity index (χ4n) is 0.520. The highest BCUT2D eigenvalue weighted by Crippen LogP contribution is 2.15. The fraction of sp³-hybridized carbons (Fsp3) is 0.667. The van der Waals surface area contributed by atoms with Gasteiger partial charge in [-0.15, -0.1) is 23.2 Å². The van der Waals surface area contributed by atoms with Gasteiger partial charge in [0.05, 0.1) is 0 Å². The van der Waals surface area contributed by atoms with E-state index in [1.54, 1.807) is 0 Å². The molecule has 0 N–H and O–H groups in total. The van der Waals surface area contributed by atoms with Crippen LogP contribution < -0.4 is 0 Å². The molecule has 0 aromatic heterocycles. The van der Waals surface area contributed by atoms with Crippen LogP contribution in [0.4, 0.5) is 0 Å². The lowest BCUT2D eigenvalue weighted by Crippen LogP contribution is -2.14. The Morgan fingerprint density at radius 3 is 1.33 bits per heavy atom. The molecule has 2 nitrogen and oxygen atoms in total. The fourth-order valence-corrected chi connectivity index (χ4v) is 0.990. The number of hydrogen-bond acceptors (Lipinski definition) is 2. The third-order valence-electron chi connectivity index (χ3n) is 1.17. The van der Waals surface area contributed by atoms with Gasteiger partial charge in [-0.25, -0.2) is 0 Å². The maximum absolute atomic E-state index is 10.4. The van der Waals surface area contributed by atoms with Crippen LogP contribution in [0, 0.1) is 0 Å². The molecule has 0 aliphatic rings. The highest BCUT2D eigenvalue weighted by Gasteiger charge is 2.18. The predicted molar refractivity (Wildman–Crippen MR) is 50.2 cm³/mol. The number of rotatable bonds is 5. The van der Waals surface area contributed by atoms with Crippen LogP contribution in [0.5, 0.6) is 0 Å². The quantitative estimate of drug-likeness (QED) is 0.556. The van der Waals surface area contributed by atoms with E-state index >= 15 is 0 Å². The molecule has 2 atom stereocenters. The molecule has 0 spiro atoms. The van der Waals surface area contributed by atoms with E-state index in [0.29, 0.717) is 0 Å². The molecule has 12 heavy (non-hydrogen) atoms. The van der Waals surface area contributed by atoms with Gasteiger partial charge >= 0.3 is 0 Å². The van der Waals surface area contributed by atoms with Crippen LogP contribution in [0.2, 0.25) is 0 Å². The van der Waals surface area contributed by atoms with E-state index in [4.69, 9.17) is 46.4 Å². The summed E-state index contributed by atoms with van der Waals surface area (Å²) in [7, 11) is 0. The summed E-state index contributed by atoms with van der Waals surface area (Å²) < 4.78 is 0. The lowest BCUT2D eigenvalue weighted by molar-refractivity contribution is -0.113. The highest BCUT2D eigenvalue weighted by atomic mass is 35.5. The maximum atomic E-state index is 10.4. The zero-order chi connectivity index (χ0) is 9.72. The van der Waals surface area contributed by atoms with E-state index in [1.165, 1.54) is 0 Å². The second kappa shape index (κ2) is 6.03. The summed E-state index contributed by atoms with van der Waals surface area (Å²) in [4.78, 5) is 20.8. The van der Waals surface area contributed by atoms with E-state index in [0.717, 1.165) is 0 Å². The number of carbonyl (C=O) groups excluding carboxylic acids is 2. The van der Waals surface area contributed by atoms with Gasteiger partial charge in [-0.05, 0) is 36.0 Å². The molecule has 0 heterocycles. The lowest BCUT2D eigenvalue weighted by Gasteiger charge is -2.05. The molecule has 0 fully saturated rings. The van der Waals surface area contributed by atoms with Gasteiger partial charge in [0, 0.05) is 0 Å². The number of carbonyl (C=O) groups is 2. The van der Waals surface area contributed by atoms with Crippen molar-refractivity contribution in [3.8, 4) is 0 Å². The van der Waals surface area contributed by atoms with Crippen molar-refractivity contribution < 1.29 is 9.59 Å². The van der Waals surface area contributed by atoms with Gasteiger partial charge in [0.25, 0.3) is 0 Å². The number of alkyl halides is 2. The molecular weight excluding hydrogens is 246 g/mol. The van der Waals surface area contributed by atoms with Gasteiger partial charge in [-0.3, -0.25) is 9.59 Å². The summed E-state index contributed by atoms with van der Waals surface area (Å²) in [5, 5.41) is -2.90. The van der Waals surface area contributed by atoms with Crippen LogP contribution in [0.15, 0.2) is 0 Å². The van der Waals surface area contributed by atoms with E-state index < -0.39 is 21.2 Å². The monoisotopic (exact) mass is 250 g/mol. The molecule has 0 aromatic carbocycles. The van der Waals surface area contributed by atoms with Gasteiger partial charge in [0.1, 0.15) is 10.8 Å². The molecular formula is C6H6Cl4O2. The third-order valence-corrected chi connectivity index (χ3v) is 2.75. The largest absolute Gasteiger partial charge is 0.280 e. The molecule has 0 unspecified atom stereocenters. The summed E-state index contributed by atoms with van der Waals surface area (Å²) in [6.07, 6.45) is 0.493. The Balaban J connectivity index is 3.68. The second-order valence-corrected chi connectivity index (χ2v) is 3.92. The van der Waals surface area contributed by atoms with E-state index in [-0.39, 0.29) is 12.8 Å². The molecule has 70 valence electrons. The molecule has 0 saturated heterocycles. The summed E-state index contributed by atoms with van der Waals surface area (Å²) in [6.45, 7) is 0. The maximum Gasteiger partial charge on any atom is 0.239 e. The Morgan fingerprint density at radius 2 is 1.17 bits per heavy atom. The first-order valence-electron chi connectivity index (χ1n) is 3.12.